The van der Waals surface area contributed by atoms with Crippen molar-refractivity contribution in [2.45, 2.75) is 31.5 Å². The number of halogens is 1. The number of methoxy groups -OCH3 is 2. The molecule has 4 atom stereocenters. The molecular weight excluding hydrogens is 267 g/mol. The minimum Gasteiger partial charge on any atom is -0.382 e. The normalized spacial score (nSPS) is 34.2. The van der Waals surface area contributed by atoms with E-state index < -0.39 is 24.6 Å². The molecule has 2 heterocycles. The van der Waals surface area contributed by atoms with Gasteiger partial charge in [-0.25, -0.2) is 4.39 Å². The summed E-state index contributed by atoms with van der Waals surface area (Å²) in [5.74, 6) is 0.0255. The molecule has 0 aromatic rings. The average molecular weight is 286 g/mol. The lowest BCUT2D eigenvalue weighted by molar-refractivity contribution is -0.119. The van der Waals surface area contributed by atoms with Gasteiger partial charge in [-0.15, -0.1) is 0 Å². The number of amides is 1. The van der Waals surface area contributed by atoms with Crippen molar-refractivity contribution in [1.82, 2.24) is 10.2 Å². The third-order valence-corrected chi connectivity index (χ3v) is 3.40. The van der Waals surface area contributed by atoms with E-state index in [2.05, 4.69) is 11.9 Å². The molecular formula is C13H19FN2O4. The average Bonchev–Trinajstić information content (AvgIpc) is 2.71. The Bertz CT molecular complexity index is 440. The predicted octanol–water partition coefficient (Wildman–Crippen LogP) is 0.518. The number of carbonyl (C=O) groups excluding carboxylic acids is 1. The van der Waals surface area contributed by atoms with Gasteiger partial charge in [0.1, 0.15) is 18.0 Å². The molecule has 1 N–H and O–H groups in total. The first-order valence-electron chi connectivity index (χ1n) is 6.28. The number of alkyl halides is 1. The summed E-state index contributed by atoms with van der Waals surface area (Å²) in [7, 11) is 2.94. The molecule has 0 aromatic carbocycles. The zero-order chi connectivity index (χ0) is 14.9. The molecule has 0 radical (unpaired) electrons. The van der Waals surface area contributed by atoms with E-state index in [-0.39, 0.29) is 18.3 Å². The largest absolute Gasteiger partial charge is 0.382 e. The molecule has 1 unspecified atom stereocenters. The van der Waals surface area contributed by atoms with E-state index in [0.717, 1.165) is 0 Å². The SMILES string of the molecule is C=C1NC(=O)C(C)=CN1[C@@H]1O[C@H](COC)[C@@H](OC)C1F. The Morgan fingerprint density at radius 3 is 2.85 bits per heavy atom. The van der Waals surface area contributed by atoms with Gasteiger partial charge in [0.15, 0.2) is 12.4 Å². The Labute approximate surface area is 117 Å². The first kappa shape index (κ1) is 15.0. The lowest BCUT2D eigenvalue weighted by atomic mass is 10.1. The molecule has 0 aliphatic carbocycles. The first-order valence-corrected chi connectivity index (χ1v) is 6.28. The first-order chi connectivity index (χ1) is 9.49. The fourth-order valence-corrected chi connectivity index (χ4v) is 2.36. The zero-order valence-corrected chi connectivity index (χ0v) is 11.8. The molecule has 0 spiro atoms. The van der Waals surface area contributed by atoms with E-state index in [4.69, 9.17) is 14.2 Å². The Morgan fingerprint density at radius 2 is 2.25 bits per heavy atom. The molecule has 1 amide bonds. The van der Waals surface area contributed by atoms with Crippen molar-refractivity contribution < 1.29 is 23.4 Å². The van der Waals surface area contributed by atoms with Crippen LogP contribution in [0, 0.1) is 0 Å². The van der Waals surface area contributed by atoms with Gasteiger partial charge in [-0.05, 0) is 6.92 Å². The minimum absolute atomic E-state index is 0.227. The van der Waals surface area contributed by atoms with Crippen LogP contribution in [0.4, 0.5) is 4.39 Å². The fraction of sp³-hybridized carbons (Fsp3) is 0.615. The van der Waals surface area contributed by atoms with Crippen molar-refractivity contribution in [2.24, 2.45) is 0 Å². The lowest BCUT2D eigenvalue weighted by Crippen LogP contribution is -2.46. The van der Waals surface area contributed by atoms with Gasteiger partial charge in [0.05, 0.1) is 6.61 Å². The van der Waals surface area contributed by atoms with E-state index in [0.29, 0.717) is 5.57 Å². The van der Waals surface area contributed by atoms with Crippen LogP contribution in [0.15, 0.2) is 24.2 Å². The summed E-state index contributed by atoms with van der Waals surface area (Å²) in [6.45, 7) is 5.58. The molecule has 0 aromatic heterocycles. The van der Waals surface area contributed by atoms with Gasteiger partial charge in [-0.1, -0.05) is 6.58 Å². The lowest BCUT2D eigenvalue weighted by Gasteiger charge is -2.33. The van der Waals surface area contributed by atoms with E-state index in [9.17, 15) is 9.18 Å². The number of nitrogens with one attached hydrogen (secondary N) is 1. The topological polar surface area (TPSA) is 60.0 Å². The molecule has 7 heteroatoms. The Kier molecular flexibility index (Phi) is 4.42. The number of nitrogens with zero attached hydrogens (tertiary/aromatic N) is 1. The second-order valence-corrected chi connectivity index (χ2v) is 4.79. The van der Waals surface area contributed by atoms with Crippen LogP contribution in [-0.4, -0.2) is 56.2 Å². The smallest absolute Gasteiger partial charge is 0.253 e. The van der Waals surface area contributed by atoms with Crippen molar-refractivity contribution in [1.29, 1.82) is 0 Å². The van der Waals surface area contributed by atoms with E-state index >= 15 is 0 Å². The standard InChI is InChI=1S/C13H19FN2O4/c1-7-5-16(8(2)15-12(7)17)13-10(14)11(19-4)9(20-13)6-18-3/h5,9-11,13H,2,6H2,1,3-4H3,(H,15,17)/t9-,10?,11-,13-/m1/s1. The molecule has 0 bridgehead atoms. The van der Waals surface area contributed by atoms with Crippen LogP contribution < -0.4 is 5.32 Å². The van der Waals surface area contributed by atoms with Crippen LogP contribution in [0.1, 0.15) is 6.92 Å². The van der Waals surface area contributed by atoms with Crippen molar-refractivity contribution >= 4 is 5.91 Å². The van der Waals surface area contributed by atoms with Gasteiger partial charge < -0.3 is 24.4 Å². The fourth-order valence-electron chi connectivity index (χ4n) is 2.36. The van der Waals surface area contributed by atoms with E-state index in [1.54, 1.807) is 6.92 Å². The second kappa shape index (κ2) is 5.90. The van der Waals surface area contributed by atoms with Gasteiger partial charge >= 0.3 is 0 Å². The molecule has 6 nitrogen and oxygen atoms in total. The summed E-state index contributed by atoms with van der Waals surface area (Å²) in [5, 5.41) is 2.56. The monoisotopic (exact) mass is 286 g/mol. The van der Waals surface area contributed by atoms with Crippen LogP contribution in [0.5, 0.6) is 0 Å². The van der Waals surface area contributed by atoms with Crippen LogP contribution in [-0.2, 0) is 19.0 Å². The molecule has 112 valence electrons. The quantitative estimate of drug-likeness (QED) is 0.816. The van der Waals surface area contributed by atoms with Crippen molar-refractivity contribution in [3.8, 4) is 0 Å². The highest BCUT2D eigenvalue weighted by Crippen LogP contribution is 2.31. The van der Waals surface area contributed by atoms with E-state index in [1.807, 2.05) is 0 Å². The molecule has 2 aliphatic rings. The Balaban J connectivity index is 2.20. The highest BCUT2D eigenvalue weighted by Gasteiger charge is 2.48. The number of hydrogen-bond donors (Lipinski definition) is 1. The van der Waals surface area contributed by atoms with Crippen molar-refractivity contribution in [3.63, 3.8) is 0 Å². The zero-order valence-electron chi connectivity index (χ0n) is 11.8. The molecule has 1 saturated heterocycles. The molecule has 2 aliphatic heterocycles. The summed E-state index contributed by atoms with van der Waals surface area (Å²) < 4.78 is 30.3. The number of rotatable bonds is 4. The molecule has 20 heavy (non-hydrogen) atoms. The van der Waals surface area contributed by atoms with Gasteiger partial charge in [-0.2, -0.15) is 0 Å². The second-order valence-electron chi connectivity index (χ2n) is 4.79. The Hall–Kier alpha value is -1.44. The van der Waals surface area contributed by atoms with Gasteiger partial charge in [-0.3, -0.25) is 4.79 Å². The Morgan fingerprint density at radius 1 is 1.55 bits per heavy atom. The van der Waals surface area contributed by atoms with Crippen LogP contribution in [0.3, 0.4) is 0 Å². The van der Waals surface area contributed by atoms with Gasteiger partial charge in [0.2, 0.25) is 0 Å². The van der Waals surface area contributed by atoms with E-state index in [1.165, 1.54) is 25.3 Å². The summed E-state index contributed by atoms with van der Waals surface area (Å²) in [5.41, 5.74) is 0.456. The van der Waals surface area contributed by atoms with Crippen molar-refractivity contribution in [3.05, 3.63) is 24.2 Å². The van der Waals surface area contributed by atoms with Gasteiger partial charge in [0.25, 0.3) is 5.91 Å². The third kappa shape index (κ3) is 2.56. The summed E-state index contributed by atoms with van der Waals surface area (Å²) in [4.78, 5) is 13.0. The number of carbonyl (C=O) groups is 1. The highest BCUT2D eigenvalue weighted by molar-refractivity contribution is 5.94. The maximum atomic E-state index is 14.5. The minimum atomic E-state index is -1.38. The summed E-state index contributed by atoms with van der Waals surface area (Å²) >= 11 is 0. The molecule has 0 saturated carbocycles. The summed E-state index contributed by atoms with van der Waals surface area (Å²) in [6.07, 6.45) is -1.98. The van der Waals surface area contributed by atoms with Crippen LogP contribution >= 0.6 is 0 Å². The summed E-state index contributed by atoms with van der Waals surface area (Å²) in [6, 6.07) is 0. The molecule has 2 rings (SSSR count). The van der Waals surface area contributed by atoms with Gasteiger partial charge in [0, 0.05) is 26.0 Å². The highest BCUT2D eigenvalue weighted by atomic mass is 19.1. The predicted molar refractivity (Wildman–Crippen MR) is 69.1 cm³/mol. The van der Waals surface area contributed by atoms with Crippen LogP contribution in [0.2, 0.25) is 0 Å². The third-order valence-electron chi connectivity index (χ3n) is 3.40. The molecule has 1 fully saturated rings. The maximum Gasteiger partial charge on any atom is 0.253 e. The van der Waals surface area contributed by atoms with Crippen molar-refractivity contribution in [2.75, 3.05) is 20.8 Å². The number of hydrogen-bond acceptors (Lipinski definition) is 5. The maximum absolute atomic E-state index is 14.5. The van der Waals surface area contributed by atoms with Crippen LogP contribution in [0.25, 0.3) is 0 Å². The number of ether oxygens (including phenoxy) is 3.